The fourth-order valence-electron chi connectivity index (χ4n) is 5.34. The van der Waals surface area contributed by atoms with E-state index in [9.17, 15) is 24.0 Å². The lowest BCUT2D eigenvalue weighted by Gasteiger charge is -2.58. The summed E-state index contributed by atoms with van der Waals surface area (Å²) < 4.78 is 13.4. The smallest absolute Gasteiger partial charge is 0.334 e. The first-order valence-electron chi connectivity index (χ1n) is 8.20. The second-order valence-corrected chi connectivity index (χ2v) is 8.47. The van der Waals surface area contributed by atoms with Crippen LogP contribution in [0.2, 0.25) is 0 Å². The van der Waals surface area contributed by atoms with E-state index in [0.717, 1.165) is 0 Å². The van der Waals surface area contributed by atoms with Gasteiger partial charge >= 0.3 is 29.8 Å². The van der Waals surface area contributed by atoms with Crippen molar-refractivity contribution in [2.24, 2.45) is 29.1 Å². The monoisotopic (exact) mass is 426 g/mol. The molecule has 0 aromatic rings. The molecule has 4 atom stereocenters. The maximum absolute atomic E-state index is 12.7. The molecule has 8 nitrogen and oxygen atoms in total. The zero-order valence-electron chi connectivity index (χ0n) is 14.2. The van der Waals surface area contributed by atoms with Gasteiger partial charge in [0.2, 0.25) is 0 Å². The van der Waals surface area contributed by atoms with Gasteiger partial charge in [0.25, 0.3) is 0 Å². The van der Waals surface area contributed by atoms with Gasteiger partial charge in [-0.1, -0.05) is 22.9 Å². The maximum Gasteiger partial charge on any atom is 0.334 e. The van der Waals surface area contributed by atoms with E-state index in [1.54, 1.807) is 13.8 Å². The number of ether oxygens (including phenoxy) is 3. The molecule has 2 aliphatic heterocycles. The molecule has 1 saturated carbocycles. The Hall–Kier alpha value is -2.03. The van der Waals surface area contributed by atoms with Gasteiger partial charge in [0, 0.05) is 11.0 Å². The highest BCUT2D eigenvalue weighted by Crippen LogP contribution is 2.71. The Balaban J connectivity index is 2.07. The summed E-state index contributed by atoms with van der Waals surface area (Å²) in [5, 5.41) is 0. The van der Waals surface area contributed by atoms with E-state index < -0.39 is 63.3 Å². The van der Waals surface area contributed by atoms with Crippen molar-refractivity contribution in [2.45, 2.75) is 25.1 Å². The molecule has 9 heteroatoms. The number of allylic oxidation sites excluding steroid dienone is 1. The van der Waals surface area contributed by atoms with E-state index in [1.165, 1.54) is 6.92 Å². The minimum Gasteiger partial charge on any atom is -0.463 e. The first-order chi connectivity index (χ1) is 12.1. The largest absolute Gasteiger partial charge is 0.463 e. The third-order valence-electron chi connectivity index (χ3n) is 6.25. The van der Waals surface area contributed by atoms with Crippen molar-refractivity contribution in [3.8, 4) is 0 Å². The van der Waals surface area contributed by atoms with Crippen LogP contribution >= 0.6 is 15.9 Å². The van der Waals surface area contributed by atoms with Gasteiger partial charge in [0.1, 0.15) is 0 Å². The molecule has 138 valence electrons. The summed E-state index contributed by atoms with van der Waals surface area (Å²) in [6, 6.07) is 0. The summed E-state index contributed by atoms with van der Waals surface area (Å²) in [4.78, 5) is 62.6. The molecule has 2 heterocycles. The number of cyclic esters (lactones) is 4. The quantitative estimate of drug-likeness (QED) is 0.274. The number of carbonyl (C=O) groups is 5. The minimum atomic E-state index is -1.44. The molecule has 5 aliphatic rings. The average Bonchev–Trinajstić information content (AvgIpc) is 3.02. The molecule has 2 bridgehead atoms. The molecule has 3 fully saturated rings. The summed E-state index contributed by atoms with van der Waals surface area (Å²) in [5.74, 6) is -8.11. The standard InChI is InChI=1S/C17H15BrO8/c1-4-24-11(19)6-5(2)17(18)9-7(12(20)25-14(9)22)16(6,3)8-10(17)15(23)26-13(8)21/h7-10H,4H2,1-3H3. The number of carbonyl (C=O) groups excluding carboxylic acids is 5. The third-order valence-corrected chi connectivity index (χ3v) is 7.83. The molecule has 0 amide bonds. The molecule has 3 aliphatic carbocycles. The topological polar surface area (TPSA) is 113 Å². The molecule has 0 spiro atoms. The van der Waals surface area contributed by atoms with E-state index in [4.69, 9.17) is 14.2 Å². The van der Waals surface area contributed by atoms with Crippen LogP contribution in [-0.4, -0.2) is 40.8 Å². The van der Waals surface area contributed by atoms with Crippen LogP contribution in [0.4, 0.5) is 0 Å². The van der Waals surface area contributed by atoms with Crippen molar-refractivity contribution in [3.05, 3.63) is 11.1 Å². The van der Waals surface area contributed by atoms with E-state index in [0.29, 0.717) is 5.57 Å². The molecule has 4 unspecified atom stereocenters. The Labute approximate surface area is 156 Å². The van der Waals surface area contributed by atoms with E-state index in [-0.39, 0.29) is 12.2 Å². The Kier molecular flexibility index (Phi) is 3.36. The van der Waals surface area contributed by atoms with Gasteiger partial charge < -0.3 is 14.2 Å². The first-order valence-corrected chi connectivity index (χ1v) is 9.00. The Morgan fingerprint density at radius 1 is 1.00 bits per heavy atom. The van der Waals surface area contributed by atoms with E-state index >= 15 is 0 Å². The van der Waals surface area contributed by atoms with Gasteiger partial charge in [0.15, 0.2) is 0 Å². The van der Waals surface area contributed by atoms with Crippen molar-refractivity contribution >= 4 is 45.8 Å². The van der Waals surface area contributed by atoms with E-state index in [2.05, 4.69) is 15.9 Å². The van der Waals surface area contributed by atoms with Gasteiger partial charge in [-0.2, -0.15) is 0 Å². The second-order valence-electron chi connectivity index (χ2n) is 7.16. The summed E-state index contributed by atoms with van der Waals surface area (Å²) >= 11 is 3.46. The Morgan fingerprint density at radius 2 is 1.42 bits per heavy atom. The molecule has 26 heavy (non-hydrogen) atoms. The van der Waals surface area contributed by atoms with Crippen LogP contribution in [0.1, 0.15) is 20.8 Å². The van der Waals surface area contributed by atoms with Crippen molar-refractivity contribution in [1.82, 2.24) is 0 Å². The van der Waals surface area contributed by atoms with Crippen molar-refractivity contribution < 1.29 is 38.2 Å². The van der Waals surface area contributed by atoms with Crippen LogP contribution in [0.25, 0.3) is 0 Å². The molecule has 0 N–H and O–H groups in total. The predicted octanol–water partition coefficient (Wildman–Crippen LogP) is 0.665. The van der Waals surface area contributed by atoms with Gasteiger partial charge in [-0.15, -0.1) is 0 Å². The summed E-state index contributed by atoms with van der Waals surface area (Å²) in [6.07, 6.45) is 0. The van der Waals surface area contributed by atoms with Crippen molar-refractivity contribution in [2.75, 3.05) is 6.61 Å². The number of halogens is 1. The number of hydrogen-bond acceptors (Lipinski definition) is 8. The van der Waals surface area contributed by atoms with Crippen LogP contribution in [0, 0.1) is 29.1 Å². The van der Waals surface area contributed by atoms with Crippen LogP contribution in [0.5, 0.6) is 0 Å². The van der Waals surface area contributed by atoms with Crippen molar-refractivity contribution in [3.63, 3.8) is 0 Å². The average molecular weight is 427 g/mol. The van der Waals surface area contributed by atoms with Crippen LogP contribution in [0.15, 0.2) is 11.1 Å². The SMILES string of the molecule is CCOC(=O)C1=C(C)C2(Br)C3C(=O)OC(=O)C3C1(C)C1C(=O)OC(=O)C12. The number of rotatable bonds is 2. The third kappa shape index (κ3) is 1.63. The Bertz CT molecular complexity index is 798. The minimum absolute atomic E-state index is 0.0932. The predicted molar refractivity (Wildman–Crippen MR) is 85.3 cm³/mol. The normalized spacial score (nSPS) is 43.2. The zero-order chi connectivity index (χ0) is 19.2. The molecule has 0 aromatic heterocycles. The fraction of sp³-hybridized carbons (Fsp3) is 0.588. The van der Waals surface area contributed by atoms with Crippen molar-refractivity contribution in [1.29, 1.82) is 0 Å². The van der Waals surface area contributed by atoms with Crippen LogP contribution < -0.4 is 0 Å². The summed E-state index contributed by atoms with van der Waals surface area (Å²) in [7, 11) is 0. The molecule has 0 aromatic carbocycles. The number of alkyl halides is 1. The zero-order valence-corrected chi connectivity index (χ0v) is 15.7. The van der Waals surface area contributed by atoms with Crippen LogP contribution in [-0.2, 0) is 38.2 Å². The lowest BCUT2D eigenvalue weighted by Crippen LogP contribution is -2.67. The number of esters is 5. The maximum atomic E-state index is 12.7. The summed E-state index contributed by atoms with van der Waals surface area (Å²) in [6.45, 7) is 4.85. The van der Waals surface area contributed by atoms with Gasteiger partial charge in [-0.05, 0) is 19.4 Å². The highest BCUT2D eigenvalue weighted by Gasteiger charge is 2.81. The molecule has 2 saturated heterocycles. The fourth-order valence-corrected chi connectivity index (χ4v) is 6.44. The van der Waals surface area contributed by atoms with Gasteiger partial charge in [-0.3, -0.25) is 19.2 Å². The molecular formula is C17H15BrO8. The highest BCUT2D eigenvalue weighted by atomic mass is 79.9. The highest BCUT2D eigenvalue weighted by molar-refractivity contribution is 9.10. The van der Waals surface area contributed by atoms with Gasteiger partial charge in [0.05, 0.1) is 34.6 Å². The molecular weight excluding hydrogens is 412 g/mol. The second kappa shape index (κ2) is 5.03. The number of hydrogen-bond donors (Lipinski definition) is 0. The lowest BCUT2D eigenvalue weighted by atomic mass is 9.43. The van der Waals surface area contributed by atoms with Gasteiger partial charge in [-0.25, -0.2) is 4.79 Å². The van der Waals surface area contributed by atoms with Crippen LogP contribution in [0.3, 0.4) is 0 Å². The molecule has 5 rings (SSSR count). The summed E-state index contributed by atoms with van der Waals surface area (Å²) in [5.41, 5.74) is -0.926. The lowest BCUT2D eigenvalue weighted by molar-refractivity contribution is -0.156. The van der Waals surface area contributed by atoms with E-state index in [1.807, 2.05) is 0 Å². The molecule has 0 radical (unpaired) electrons. The first kappa shape index (κ1) is 17.4. The Morgan fingerprint density at radius 3 is 1.85 bits per heavy atom.